The van der Waals surface area contributed by atoms with Crippen LogP contribution in [0.1, 0.15) is 12.0 Å². The molecule has 6 heteroatoms. The zero-order chi connectivity index (χ0) is 13.0. The molecule has 0 atom stereocenters. The van der Waals surface area contributed by atoms with Gasteiger partial charge in [0, 0.05) is 44.6 Å². The van der Waals surface area contributed by atoms with E-state index in [0.29, 0.717) is 12.5 Å². The smallest absolute Gasteiger partial charge is 0.241 e. The quantitative estimate of drug-likeness (QED) is 0.808. The first-order valence-electron chi connectivity index (χ1n) is 6.15. The Morgan fingerprint density at radius 3 is 2.72 bits per heavy atom. The molecule has 0 aliphatic carbocycles. The topological polar surface area (TPSA) is 61.4 Å². The summed E-state index contributed by atoms with van der Waals surface area (Å²) in [6.45, 7) is 2.73. The van der Waals surface area contributed by atoms with Crippen molar-refractivity contribution in [2.45, 2.75) is 13.0 Å². The van der Waals surface area contributed by atoms with Gasteiger partial charge in [-0.05, 0) is 13.5 Å². The second-order valence-corrected chi connectivity index (χ2v) is 4.51. The second kappa shape index (κ2) is 5.77. The van der Waals surface area contributed by atoms with Crippen molar-refractivity contribution in [3.05, 3.63) is 18.0 Å². The number of carbonyl (C=O) groups is 1. The third kappa shape index (κ3) is 2.95. The van der Waals surface area contributed by atoms with E-state index in [9.17, 15) is 4.79 Å². The maximum absolute atomic E-state index is 11.8. The molecule has 0 aromatic carbocycles. The van der Waals surface area contributed by atoms with Crippen LogP contribution < -0.4 is 10.2 Å². The fraction of sp³-hybridized carbons (Fsp3) is 0.583. The van der Waals surface area contributed by atoms with Gasteiger partial charge < -0.3 is 15.1 Å². The maximum atomic E-state index is 11.8. The number of carbonyl (C=O) groups excluding carboxylic acids is 1. The van der Waals surface area contributed by atoms with Crippen molar-refractivity contribution in [1.29, 1.82) is 0 Å². The van der Waals surface area contributed by atoms with E-state index in [1.807, 2.05) is 19.0 Å². The van der Waals surface area contributed by atoms with Crippen molar-refractivity contribution in [3.63, 3.8) is 0 Å². The largest absolute Gasteiger partial charge is 0.344 e. The summed E-state index contributed by atoms with van der Waals surface area (Å²) < 4.78 is 0. The molecule has 0 unspecified atom stereocenters. The summed E-state index contributed by atoms with van der Waals surface area (Å²) >= 11 is 0. The second-order valence-electron chi connectivity index (χ2n) is 4.51. The van der Waals surface area contributed by atoms with Gasteiger partial charge in [-0.15, -0.1) is 0 Å². The van der Waals surface area contributed by atoms with E-state index in [0.717, 1.165) is 31.6 Å². The molecule has 1 aromatic heterocycles. The lowest BCUT2D eigenvalue weighted by molar-refractivity contribution is -0.127. The molecule has 0 bridgehead atoms. The van der Waals surface area contributed by atoms with Gasteiger partial charge in [-0.2, -0.15) is 0 Å². The Kier molecular flexibility index (Phi) is 4.09. The number of aromatic nitrogens is 2. The molecule has 1 saturated heterocycles. The molecule has 0 spiro atoms. The third-order valence-corrected chi connectivity index (χ3v) is 3.03. The summed E-state index contributed by atoms with van der Waals surface area (Å²) in [6.07, 6.45) is 4.56. The fourth-order valence-corrected chi connectivity index (χ4v) is 1.96. The van der Waals surface area contributed by atoms with Gasteiger partial charge in [0.2, 0.25) is 11.9 Å². The van der Waals surface area contributed by atoms with Gasteiger partial charge in [0.25, 0.3) is 0 Å². The molecule has 2 rings (SSSR count). The van der Waals surface area contributed by atoms with Gasteiger partial charge in [0.05, 0.1) is 6.54 Å². The fourth-order valence-electron chi connectivity index (χ4n) is 1.96. The SMILES string of the molecule is CNCc1cnc(N2CCCN(C)C(=O)C2)nc1. The first-order chi connectivity index (χ1) is 8.70. The van der Waals surface area contributed by atoms with Crippen LogP contribution >= 0.6 is 0 Å². The predicted molar refractivity (Wildman–Crippen MR) is 69.3 cm³/mol. The maximum Gasteiger partial charge on any atom is 0.241 e. The Hall–Kier alpha value is -1.69. The van der Waals surface area contributed by atoms with Crippen molar-refractivity contribution in [3.8, 4) is 0 Å². The number of rotatable bonds is 3. The lowest BCUT2D eigenvalue weighted by Crippen LogP contribution is -2.35. The zero-order valence-electron chi connectivity index (χ0n) is 10.9. The van der Waals surface area contributed by atoms with E-state index in [-0.39, 0.29) is 5.91 Å². The summed E-state index contributed by atoms with van der Waals surface area (Å²) in [7, 11) is 3.72. The highest BCUT2D eigenvalue weighted by molar-refractivity contribution is 5.81. The number of anilines is 1. The van der Waals surface area contributed by atoms with Crippen molar-refractivity contribution < 1.29 is 4.79 Å². The lowest BCUT2D eigenvalue weighted by atomic mass is 10.3. The van der Waals surface area contributed by atoms with Crippen LogP contribution in [0.25, 0.3) is 0 Å². The predicted octanol–water partition coefficient (Wildman–Crippen LogP) is -0.135. The normalized spacial score (nSPS) is 16.9. The molecule has 6 nitrogen and oxygen atoms in total. The van der Waals surface area contributed by atoms with Gasteiger partial charge >= 0.3 is 0 Å². The van der Waals surface area contributed by atoms with E-state index >= 15 is 0 Å². The molecule has 1 aliphatic heterocycles. The average Bonchev–Trinajstić information content (AvgIpc) is 2.54. The van der Waals surface area contributed by atoms with Crippen LogP contribution in [-0.4, -0.2) is 54.5 Å². The monoisotopic (exact) mass is 249 g/mol. The highest BCUT2D eigenvalue weighted by Gasteiger charge is 2.20. The van der Waals surface area contributed by atoms with Crippen LogP contribution in [0.3, 0.4) is 0 Å². The molecule has 0 radical (unpaired) electrons. The molecule has 1 amide bonds. The Labute approximate surface area is 107 Å². The molecule has 0 saturated carbocycles. The van der Waals surface area contributed by atoms with Crippen LogP contribution in [0.5, 0.6) is 0 Å². The highest BCUT2D eigenvalue weighted by Crippen LogP contribution is 2.11. The first-order valence-corrected chi connectivity index (χ1v) is 6.15. The van der Waals surface area contributed by atoms with Gasteiger partial charge in [0.15, 0.2) is 0 Å². The molecule has 18 heavy (non-hydrogen) atoms. The van der Waals surface area contributed by atoms with E-state index in [4.69, 9.17) is 0 Å². The molecular formula is C12H19N5O. The van der Waals surface area contributed by atoms with Crippen LogP contribution in [0, 0.1) is 0 Å². The molecule has 1 aromatic rings. The lowest BCUT2D eigenvalue weighted by Gasteiger charge is -2.19. The molecule has 98 valence electrons. The molecule has 1 fully saturated rings. The standard InChI is InChI=1S/C12H19N5O/c1-13-6-10-7-14-12(15-8-10)17-5-3-4-16(2)11(18)9-17/h7-8,13H,3-6,9H2,1-2H3. The number of likely N-dealkylation sites (N-methyl/N-ethyl adjacent to an activating group) is 1. The van der Waals surface area contributed by atoms with E-state index in [1.165, 1.54) is 0 Å². The Morgan fingerprint density at radius 2 is 2.06 bits per heavy atom. The molecule has 2 heterocycles. The summed E-state index contributed by atoms with van der Waals surface area (Å²) in [4.78, 5) is 24.1. The summed E-state index contributed by atoms with van der Waals surface area (Å²) in [5.74, 6) is 0.758. The number of amides is 1. The minimum atomic E-state index is 0.121. The number of nitrogens with zero attached hydrogens (tertiary/aromatic N) is 4. The minimum absolute atomic E-state index is 0.121. The van der Waals surface area contributed by atoms with Crippen LogP contribution in [0.4, 0.5) is 5.95 Å². The Bertz CT molecular complexity index is 405. The Morgan fingerprint density at radius 1 is 1.33 bits per heavy atom. The summed E-state index contributed by atoms with van der Waals surface area (Å²) in [5, 5.41) is 3.05. The highest BCUT2D eigenvalue weighted by atomic mass is 16.2. The number of hydrogen-bond donors (Lipinski definition) is 1. The first kappa shape index (κ1) is 12.8. The van der Waals surface area contributed by atoms with Crippen molar-refractivity contribution >= 4 is 11.9 Å². The van der Waals surface area contributed by atoms with Crippen LogP contribution in [0.2, 0.25) is 0 Å². The number of hydrogen-bond acceptors (Lipinski definition) is 5. The Balaban J connectivity index is 2.08. The molecule has 1 N–H and O–H groups in total. The van der Waals surface area contributed by atoms with Gasteiger partial charge in [0.1, 0.15) is 0 Å². The molecular weight excluding hydrogens is 230 g/mol. The summed E-state index contributed by atoms with van der Waals surface area (Å²) in [6, 6.07) is 0. The van der Waals surface area contributed by atoms with Crippen molar-refractivity contribution in [1.82, 2.24) is 20.2 Å². The van der Waals surface area contributed by atoms with Crippen LogP contribution in [0.15, 0.2) is 12.4 Å². The van der Waals surface area contributed by atoms with Gasteiger partial charge in [-0.3, -0.25) is 4.79 Å². The molecule has 1 aliphatic rings. The van der Waals surface area contributed by atoms with Crippen LogP contribution in [-0.2, 0) is 11.3 Å². The number of nitrogens with one attached hydrogen (secondary N) is 1. The zero-order valence-corrected chi connectivity index (χ0v) is 10.9. The minimum Gasteiger partial charge on any atom is -0.344 e. The van der Waals surface area contributed by atoms with Gasteiger partial charge in [-0.25, -0.2) is 9.97 Å². The third-order valence-electron chi connectivity index (χ3n) is 3.03. The average molecular weight is 249 g/mol. The van der Waals surface area contributed by atoms with Gasteiger partial charge in [-0.1, -0.05) is 0 Å². The van der Waals surface area contributed by atoms with E-state index < -0.39 is 0 Å². The van der Waals surface area contributed by atoms with Crippen molar-refractivity contribution in [2.24, 2.45) is 0 Å². The van der Waals surface area contributed by atoms with Crippen molar-refractivity contribution in [2.75, 3.05) is 38.6 Å². The van der Waals surface area contributed by atoms with E-state index in [1.54, 1.807) is 17.3 Å². The van der Waals surface area contributed by atoms with E-state index in [2.05, 4.69) is 15.3 Å². The summed E-state index contributed by atoms with van der Waals surface area (Å²) in [5.41, 5.74) is 1.04.